The molecule has 1 amide bonds. The maximum Gasteiger partial charge on any atom is 0.230 e. The number of nitrogens with zero attached hydrogens (tertiary/aromatic N) is 2. The lowest BCUT2D eigenvalue weighted by atomic mass is 10.0. The molecule has 1 aromatic heterocycles. The lowest BCUT2D eigenvalue weighted by Crippen LogP contribution is -2.53. The summed E-state index contributed by atoms with van der Waals surface area (Å²) >= 11 is 0. The summed E-state index contributed by atoms with van der Waals surface area (Å²) < 4.78 is 23.5. The summed E-state index contributed by atoms with van der Waals surface area (Å²) in [7, 11) is -3.16. The summed E-state index contributed by atoms with van der Waals surface area (Å²) in [5.74, 6) is -0.442. The molecule has 1 fully saturated rings. The van der Waals surface area contributed by atoms with E-state index in [0.29, 0.717) is 5.69 Å². The van der Waals surface area contributed by atoms with Crippen LogP contribution in [0.15, 0.2) is 24.5 Å². The minimum absolute atomic E-state index is 0.169. The molecule has 0 spiro atoms. The molecule has 0 radical (unpaired) electrons. The van der Waals surface area contributed by atoms with E-state index >= 15 is 0 Å². The molecule has 0 bridgehead atoms. The molecule has 1 aliphatic rings. The maximum atomic E-state index is 11.7. The van der Waals surface area contributed by atoms with Crippen molar-refractivity contribution in [3.63, 3.8) is 0 Å². The summed E-state index contributed by atoms with van der Waals surface area (Å²) in [5.41, 5.74) is 0.621. The Morgan fingerprint density at radius 1 is 1.53 bits per heavy atom. The largest absolute Gasteiger partial charge is 0.324 e. The average Bonchev–Trinajstić information content (AvgIpc) is 2.14. The molecule has 92 valence electrons. The van der Waals surface area contributed by atoms with Gasteiger partial charge in [-0.25, -0.2) is 12.7 Å². The number of carbonyl (C=O) groups is 1. The minimum atomic E-state index is -3.16. The van der Waals surface area contributed by atoms with Gasteiger partial charge < -0.3 is 5.32 Å². The predicted molar refractivity (Wildman–Crippen MR) is 62.8 cm³/mol. The second-order valence-electron chi connectivity index (χ2n) is 4.01. The fourth-order valence-electron chi connectivity index (χ4n) is 1.56. The number of hydrogen-bond acceptors (Lipinski definition) is 4. The van der Waals surface area contributed by atoms with Crippen molar-refractivity contribution < 1.29 is 13.2 Å². The molecule has 1 aromatic rings. The van der Waals surface area contributed by atoms with Gasteiger partial charge in [0.25, 0.3) is 0 Å². The zero-order chi connectivity index (χ0) is 12.5. The summed E-state index contributed by atoms with van der Waals surface area (Å²) in [6.45, 7) is 0.510. The Morgan fingerprint density at radius 3 is 2.76 bits per heavy atom. The van der Waals surface area contributed by atoms with Crippen molar-refractivity contribution in [3.05, 3.63) is 24.5 Å². The van der Waals surface area contributed by atoms with Gasteiger partial charge in [-0.3, -0.25) is 9.78 Å². The third-order valence-corrected chi connectivity index (χ3v) is 3.85. The van der Waals surface area contributed by atoms with Crippen LogP contribution in [-0.4, -0.2) is 43.0 Å². The molecule has 17 heavy (non-hydrogen) atoms. The van der Waals surface area contributed by atoms with E-state index in [4.69, 9.17) is 0 Å². The Morgan fingerprint density at radius 2 is 2.24 bits per heavy atom. The third kappa shape index (κ3) is 2.80. The second-order valence-corrected chi connectivity index (χ2v) is 5.99. The molecule has 2 heterocycles. The van der Waals surface area contributed by atoms with E-state index in [-0.39, 0.29) is 24.9 Å². The van der Waals surface area contributed by atoms with Crippen LogP contribution < -0.4 is 5.32 Å². The topological polar surface area (TPSA) is 79.4 Å². The van der Waals surface area contributed by atoms with Crippen LogP contribution in [0, 0.1) is 5.92 Å². The zero-order valence-electron chi connectivity index (χ0n) is 9.33. The Bertz CT molecular complexity index is 509. The Kier molecular flexibility index (Phi) is 3.12. The van der Waals surface area contributed by atoms with E-state index in [1.54, 1.807) is 24.5 Å². The van der Waals surface area contributed by atoms with Gasteiger partial charge in [0.05, 0.1) is 24.1 Å². The van der Waals surface area contributed by atoms with Crippen molar-refractivity contribution in [2.75, 3.05) is 24.7 Å². The first kappa shape index (κ1) is 12.0. The number of carbonyl (C=O) groups excluding carboxylic acids is 1. The third-order valence-electron chi connectivity index (χ3n) is 2.62. The summed E-state index contributed by atoms with van der Waals surface area (Å²) in [5, 5.41) is 2.69. The van der Waals surface area contributed by atoms with Gasteiger partial charge in [0, 0.05) is 19.3 Å². The van der Waals surface area contributed by atoms with Crippen LogP contribution in [0.3, 0.4) is 0 Å². The quantitative estimate of drug-likeness (QED) is 0.818. The molecule has 0 aliphatic carbocycles. The van der Waals surface area contributed by atoms with E-state index in [1.807, 2.05) is 0 Å². The number of anilines is 1. The molecule has 1 aliphatic heterocycles. The first-order valence-electron chi connectivity index (χ1n) is 5.13. The smallest absolute Gasteiger partial charge is 0.230 e. The molecular formula is C10H13N3O3S. The Labute approximate surface area is 99.7 Å². The standard InChI is InChI=1S/C10H13N3O3S/c1-17(15,16)13-6-8(7-13)10(14)12-9-3-2-4-11-5-9/h2-5,8H,6-7H2,1H3,(H,12,14). The molecule has 0 atom stereocenters. The number of aromatic nitrogens is 1. The molecule has 7 heteroatoms. The average molecular weight is 255 g/mol. The van der Waals surface area contributed by atoms with Crippen LogP contribution in [0.1, 0.15) is 0 Å². The fraction of sp³-hybridized carbons (Fsp3) is 0.400. The number of sulfonamides is 1. The highest BCUT2D eigenvalue weighted by Crippen LogP contribution is 2.20. The monoisotopic (exact) mass is 255 g/mol. The van der Waals surface area contributed by atoms with Gasteiger partial charge in [-0.1, -0.05) is 0 Å². The van der Waals surface area contributed by atoms with Gasteiger partial charge in [-0.2, -0.15) is 0 Å². The van der Waals surface area contributed by atoms with Gasteiger partial charge >= 0.3 is 0 Å². The van der Waals surface area contributed by atoms with E-state index in [0.717, 1.165) is 6.26 Å². The number of amides is 1. The van der Waals surface area contributed by atoms with Crippen molar-refractivity contribution in [3.8, 4) is 0 Å². The van der Waals surface area contributed by atoms with Gasteiger partial charge in [0.2, 0.25) is 15.9 Å². The molecule has 0 unspecified atom stereocenters. The highest BCUT2D eigenvalue weighted by atomic mass is 32.2. The molecule has 0 aromatic carbocycles. The maximum absolute atomic E-state index is 11.7. The highest BCUT2D eigenvalue weighted by Gasteiger charge is 2.37. The van der Waals surface area contributed by atoms with Crippen LogP contribution in [0.5, 0.6) is 0 Å². The molecule has 1 saturated heterocycles. The van der Waals surface area contributed by atoms with Crippen molar-refractivity contribution in [2.45, 2.75) is 0 Å². The normalized spacial score (nSPS) is 17.5. The van der Waals surface area contributed by atoms with Gasteiger partial charge in [0.15, 0.2) is 0 Å². The second kappa shape index (κ2) is 4.42. The lowest BCUT2D eigenvalue weighted by Gasteiger charge is -2.35. The highest BCUT2D eigenvalue weighted by molar-refractivity contribution is 7.88. The fourth-order valence-corrected chi connectivity index (χ4v) is 2.46. The SMILES string of the molecule is CS(=O)(=O)N1CC(C(=O)Nc2cccnc2)C1. The molecule has 2 rings (SSSR count). The zero-order valence-corrected chi connectivity index (χ0v) is 10.1. The number of pyridine rings is 1. The predicted octanol–water partition coefficient (Wildman–Crippen LogP) is -0.0885. The minimum Gasteiger partial charge on any atom is -0.324 e. The van der Waals surface area contributed by atoms with Crippen LogP contribution >= 0.6 is 0 Å². The van der Waals surface area contributed by atoms with Crippen LogP contribution in [0.4, 0.5) is 5.69 Å². The van der Waals surface area contributed by atoms with Crippen LogP contribution in [-0.2, 0) is 14.8 Å². The first-order valence-corrected chi connectivity index (χ1v) is 6.97. The lowest BCUT2D eigenvalue weighted by molar-refractivity contribution is -0.122. The van der Waals surface area contributed by atoms with Crippen molar-refractivity contribution in [1.29, 1.82) is 0 Å². The van der Waals surface area contributed by atoms with E-state index in [2.05, 4.69) is 10.3 Å². The van der Waals surface area contributed by atoms with Crippen LogP contribution in [0.25, 0.3) is 0 Å². The van der Waals surface area contributed by atoms with Crippen molar-refractivity contribution in [1.82, 2.24) is 9.29 Å². The van der Waals surface area contributed by atoms with Gasteiger partial charge in [0.1, 0.15) is 0 Å². The van der Waals surface area contributed by atoms with Gasteiger partial charge in [-0.15, -0.1) is 0 Å². The first-order chi connectivity index (χ1) is 7.97. The molecule has 6 nitrogen and oxygen atoms in total. The Balaban J connectivity index is 1.88. The molecule has 1 N–H and O–H groups in total. The number of hydrogen-bond donors (Lipinski definition) is 1. The molecular weight excluding hydrogens is 242 g/mol. The number of nitrogens with one attached hydrogen (secondary N) is 1. The summed E-state index contributed by atoms with van der Waals surface area (Å²) in [4.78, 5) is 15.6. The summed E-state index contributed by atoms with van der Waals surface area (Å²) in [6.07, 6.45) is 4.30. The van der Waals surface area contributed by atoms with E-state index < -0.39 is 10.0 Å². The number of rotatable bonds is 3. The van der Waals surface area contributed by atoms with Crippen molar-refractivity contribution in [2.24, 2.45) is 5.92 Å². The van der Waals surface area contributed by atoms with E-state index in [9.17, 15) is 13.2 Å². The van der Waals surface area contributed by atoms with Crippen LogP contribution in [0.2, 0.25) is 0 Å². The Hall–Kier alpha value is -1.47. The molecule has 0 saturated carbocycles. The van der Waals surface area contributed by atoms with E-state index in [1.165, 1.54) is 4.31 Å². The summed E-state index contributed by atoms with van der Waals surface area (Å²) in [6, 6.07) is 3.46. The van der Waals surface area contributed by atoms with Gasteiger partial charge in [-0.05, 0) is 12.1 Å². The van der Waals surface area contributed by atoms with Crippen molar-refractivity contribution >= 4 is 21.6 Å².